The number of carbonyl (C=O) groups is 3. The van der Waals surface area contributed by atoms with E-state index < -0.39 is 29.6 Å². The highest BCUT2D eigenvalue weighted by atomic mass is 19.1. The highest BCUT2D eigenvalue weighted by Crippen LogP contribution is 2.22. The molecule has 8 heteroatoms. The highest BCUT2D eigenvalue weighted by Gasteiger charge is 2.47. The van der Waals surface area contributed by atoms with Gasteiger partial charge in [-0.05, 0) is 24.3 Å². The minimum Gasteiger partial charge on any atom is -0.324 e. The van der Waals surface area contributed by atoms with Crippen LogP contribution in [0.5, 0.6) is 0 Å². The first-order valence-corrected chi connectivity index (χ1v) is 7.13. The number of hydrogen-bond donors (Lipinski definition) is 1. The van der Waals surface area contributed by atoms with Gasteiger partial charge in [-0.1, -0.05) is 6.07 Å². The Labute approximate surface area is 136 Å². The number of rotatable bonds is 2. The van der Waals surface area contributed by atoms with Crippen LogP contribution in [0, 0.1) is 11.7 Å². The first-order chi connectivity index (χ1) is 11.4. The number of nitrogens with one attached hydrogen (secondary N) is 1. The Morgan fingerprint density at radius 1 is 1.38 bits per heavy atom. The number of amides is 4. The van der Waals surface area contributed by atoms with Crippen molar-refractivity contribution < 1.29 is 23.3 Å². The van der Waals surface area contributed by atoms with Gasteiger partial charge in [0.1, 0.15) is 12.0 Å². The number of amidine groups is 1. The lowest BCUT2D eigenvalue weighted by atomic mass is 9.97. The number of allylic oxidation sites excluding steroid dienone is 1. The summed E-state index contributed by atoms with van der Waals surface area (Å²) in [6.07, 6.45) is 2.89. The van der Waals surface area contributed by atoms with E-state index in [1.807, 2.05) is 0 Å². The number of imide groups is 1. The van der Waals surface area contributed by atoms with Gasteiger partial charge in [-0.25, -0.2) is 9.18 Å². The van der Waals surface area contributed by atoms with E-state index >= 15 is 0 Å². The van der Waals surface area contributed by atoms with Gasteiger partial charge in [0.15, 0.2) is 5.92 Å². The van der Waals surface area contributed by atoms with Crippen molar-refractivity contribution in [1.82, 2.24) is 10.2 Å². The van der Waals surface area contributed by atoms with E-state index in [-0.39, 0.29) is 17.1 Å². The zero-order chi connectivity index (χ0) is 17.4. The molecule has 0 aliphatic carbocycles. The SMILES string of the molecule is CN1C(=O)C2C(NC(=O)c3cccc(F)c3)=CC=NC2=[N+](C)C1=O. The number of carbonyl (C=O) groups excluding carboxylic acids is 3. The van der Waals surface area contributed by atoms with Crippen LogP contribution in [0.2, 0.25) is 0 Å². The minimum absolute atomic E-state index is 0.126. The van der Waals surface area contributed by atoms with Crippen LogP contribution in [-0.4, -0.2) is 53.5 Å². The quantitative estimate of drug-likeness (QED) is 0.814. The van der Waals surface area contributed by atoms with Gasteiger partial charge in [0, 0.05) is 11.3 Å². The predicted octanol–water partition coefficient (Wildman–Crippen LogP) is 0.773. The molecule has 0 bridgehead atoms. The number of dihydropyridines is 1. The summed E-state index contributed by atoms with van der Waals surface area (Å²) in [6, 6.07) is 4.72. The number of nitrogens with zero attached hydrogens (tertiary/aromatic N) is 3. The third kappa shape index (κ3) is 2.51. The molecule has 4 amide bonds. The molecule has 24 heavy (non-hydrogen) atoms. The van der Waals surface area contributed by atoms with E-state index in [0.717, 1.165) is 11.0 Å². The first-order valence-electron chi connectivity index (χ1n) is 7.13. The molecule has 1 N–H and O–H groups in total. The molecule has 2 aliphatic heterocycles. The van der Waals surface area contributed by atoms with E-state index in [0.29, 0.717) is 0 Å². The second-order valence-electron chi connectivity index (χ2n) is 5.39. The van der Waals surface area contributed by atoms with Crippen molar-refractivity contribution in [2.24, 2.45) is 10.9 Å². The van der Waals surface area contributed by atoms with Gasteiger partial charge >= 0.3 is 11.9 Å². The molecule has 0 radical (unpaired) electrons. The topological polar surface area (TPSA) is 81.8 Å². The molecule has 7 nitrogen and oxygen atoms in total. The third-order valence-corrected chi connectivity index (χ3v) is 3.87. The van der Waals surface area contributed by atoms with Gasteiger partial charge in [-0.15, -0.1) is 4.99 Å². The van der Waals surface area contributed by atoms with Crippen molar-refractivity contribution in [3.63, 3.8) is 0 Å². The average molecular weight is 329 g/mol. The summed E-state index contributed by atoms with van der Waals surface area (Å²) in [5, 5.41) is 2.61. The normalized spacial score (nSPS) is 20.0. The molecule has 2 heterocycles. The molecule has 122 valence electrons. The van der Waals surface area contributed by atoms with Crippen LogP contribution >= 0.6 is 0 Å². The van der Waals surface area contributed by atoms with Gasteiger partial charge in [0.25, 0.3) is 11.7 Å². The fraction of sp³-hybridized carbons (Fsp3) is 0.188. The third-order valence-electron chi connectivity index (χ3n) is 3.87. The summed E-state index contributed by atoms with van der Waals surface area (Å²) >= 11 is 0. The Kier molecular flexibility index (Phi) is 3.80. The zero-order valence-electron chi connectivity index (χ0n) is 13.0. The second-order valence-corrected chi connectivity index (χ2v) is 5.39. The van der Waals surface area contributed by atoms with Crippen molar-refractivity contribution in [2.45, 2.75) is 0 Å². The second kappa shape index (κ2) is 5.80. The molecular weight excluding hydrogens is 315 g/mol. The van der Waals surface area contributed by atoms with Gasteiger partial charge in [0.05, 0.1) is 14.1 Å². The average Bonchev–Trinajstić information content (AvgIpc) is 2.58. The van der Waals surface area contributed by atoms with E-state index in [9.17, 15) is 18.8 Å². The van der Waals surface area contributed by atoms with Crippen LogP contribution in [-0.2, 0) is 4.79 Å². The van der Waals surface area contributed by atoms with E-state index in [1.54, 1.807) is 0 Å². The fourth-order valence-electron chi connectivity index (χ4n) is 2.59. The molecule has 1 atom stereocenters. The van der Waals surface area contributed by atoms with Crippen molar-refractivity contribution in [3.05, 3.63) is 47.4 Å². The Balaban J connectivity index is 1.93. The van der Waals surface area contributed by atoms with Crippen molar-refractivity contribution in [3.8, 4) is 0 Å². The van der Waals surface area contributed by atoms with Crippen LogP contribution < -0.4 is 5.32 Å². The maximum Gasteiger partial charge on any atom is 0.445 e. The molecule has 1 aromatic carbocycles. The number of benzene rings is 1. The Morgan fingerprint density at radius 3 is 2.83 bits per heavy atom. The van der Waals surface area contributed by atoms with Crippen molar-refractivity contribution in [1.29, 1.82) is 0 Å². The lowest BCUT2D eigenvalue weighted by molar-refractivity contribution is -0.407. The molecule has 0 fully saturated rings. The van der Waals surface area contributed by atoms with Crippen LogP contribution in [0.3, 0.4) is 0 Å². The Morgan fingerprint density at radius 2 is 2.12 bits per heavy atom. The molecule has 3 rings (SSSR count). The van der Waals surface area contributed by atoms with Crippen molar-refractivity contribution in [2.75, 3.05) is 14.1 Å². The van der Waals surface area contributed by atoms with E-state index in [4.69, 9.17) is 0 Å². The number of fused-ring (bicyclic) bond motifs is 1. The van der Waals surface area contributed by atoms with Crippen LogP contribution in [0.25, 0.3) is 0 Å². The predicted molar refractivity (Wildman–Crippen MR) is 83.3 cm³/mol. The summed E-state index contributed by atoms with van der Waals surface area (Å²) in [5.41, 5.74) is 0.409. The summed E-state index contributed by atoms with van der Waals surface area (Å²) in [6.45, 7) is 0. The smallest absolute Gasteiger partial charge is 0.324 e. The first kappa shape index (κ1) is 15.7. The molecule has 0 spiro atoms. The molecule has 0 saturated carbocycles. The number of halogens is 1. The van der Waals surface area contributed by atoms with Gasteiger partial charge in [-0.3, -0.25) is 9.59 Å². The molecule has 1 unspecified atom stereocenters. The lowest BCUT2D eigenvalue weighted by Gasteiger charge is -2.26. The standard InChI is InChI=1S/C16H13FN4O3/c1-20-13-12(15(23)21(2)16(20)24)11(6-7-18-13)19-14(22)9-4-3-5-10(17)8-9/h3-8,12H,1-2H3/p+1. The zero-order valence-corrected chi connectivity index (χ0v) is 13.0. The summed E-state index contributed by atoms with van der Waals surface area (Å²) < 4.78 is 14.5. The minimum atomic E-state index is -0.889. The van der Waals surface area contributed by atoms with Gasteiger partial charge in [-0.2, -0.15) is 9.48 Å². The van der Waals surface area contributed by atoms with Crippen molar-refractivity contribution >= 4 is 29.9 Å². The number of aliphatic imine (C=N–C) groups is 1. The molecule has 0 saturated heterocycles. The van der Waals surface area contributed by atoms with Crippen LogP contribution in [0.1, 0.15) is 10.4 Å². The molecule has 1 aromatic rings. The fourth-order valence-corrected chi connectivity index (χ4v) is 2.59. The molecular formula is C16H14FN4O3+. The monoisotopic (exact) mass is 329 g/mol. The molecule has 2 aliphatic rings. The number of urea groups is 1. The van der Waals surface area contributed by atoms with E-state index in [1.165, 1.54) is 49.2 Å². The number of hydrogen-bond acceptors (Lipinski definition) is 4. The van der Waals surface area contributed by atoms with Crippen LogP contribution in [0.15, 0.2) is 41.0 Å². The van der Waals surface area contributed by atoms with Gasteiger partial charge in [0.2, 0.25) is 0 Å². The summed E-state index contributed by atoms with van der Waals surface area (Å²) in [7, 11) is 2.87. The maximum absolute atomic E-state index is 13.3. The Hall–Kier alpha value is -3.16. The highest BCUT2D eigenvalue weighted by molar-refractivity contribution is 6.16. The molecule has 0 aromatic heterocycles. The summed E-state index contributed by atoms with van der Waals surface area (Å²) in [5.74, 6) is -2.23. The van der Waals surface area contributed by atoms with Crippen LogP contribution in [0.4, 0.5) is 9.18 Å². The van der Waals surface area contributed by atoms with E-state index in [2.05, 4.69) is 10.3 Å². The lowest BCUT2D eigenvalue weighted by Crippen LogP contribution is -2.54. The summed E-state index contributed by atoms with van der Waals surface area (Å²) in [4.78, 5) is 41.7. The largest absolute Gasteiger partial charge is 0.445 e. The maximum atomic E-state index is 13.3. The van der Waals surface area contributed by atoms with Gasteiger partial charge < -0.3 is 5.32 Å². The Bertz CT molecular complexity index is 857.